The van der Waals surface area contributed by atoms with Crippen LogP contribution in [0.1, 0.15) is 30.0 Å². The Labute approximate surface area is 150 Å². The zero-order chi connectivity index (χ0) is 18.6. The van der Waals surface area contributed by atoms with Gasteiger partial charge in [0.2, 0.25) is 10.0 Å². The van der Waals surface area contributed by atoms with Crippen molar-refractivity contribution in [2.75, 3.05) is 39.3 Å². The van der Waals surface area contributed by atoms with E-state index in [2.05, 4.69) is 0 Å². The van der Waals surface area contributed by atoms with E-state index in [1.54, 1.807) is 11.2 Å². The molecule has 6 nitrogen and oxygen atoms in total. The molecule has 0 aromatic heterocycles. The highest BCUT2D eigenvalue weighted by Gasteiger charge is 2.30. The summed E-state index contributed by atoms with van der Waals surface area (Å²) in [6, 6.07) is 3.82. The first-order valence-electron chi connectivity index (χ1n) is 8.71. The maximum absolute atomic E-state index is 13.1. The Morgan fingerprint density at radius 1 is 1.08 bits per heavy atom. The highest BCUT2D eigenvalue weighted by atomic mass is 32.2. The normalized spacial score (nSPS) is 17.3. The molecule has 0 unspecified atom stereocenters. The molecule has 0 saturated carbocycles. The average Bonchev–Trinajstić information content (AvgIpc) is 2.72. The number of aryl methyl sites for hydroxylation is 3. The highest BCUT2D eigenvalue weighted by molar-refractivity contribution is 7.89. The lowest BCUT2D eigenvalue weighted by Gasteiger charge is -2.23. The molecule has 25 heavy (non-hydrogen) atoms. The molecule has 0 bridgehead atoms. The Bertz CT molecular complexity index is 708. The van der Waals surface area contributed by atoms with Crippen LogP contribution in [-0.2, 0) is 19.6 Å². The van der Waals surface area contributed by atoms with Crippen molar-refractivity contribution in [1.82, 2.24) is 9.21 Å². The lowest BCUT2D eigenvalue weighted by atomic mass is 10.1. The van der Waals surface area contributed by atoms with E-state index in [1.165, 1.54) is 0 Å². The molecule has 1 aliphatic rings. The first-order valence-corrected chi connectivity index (χ1v) is 10.2. The van der Waals surface area contributed by atoms with Crippen molar-refractivity contribution in [2.45, 2.75) is 39.0 Å². The maximum Gasteiger partial charge on any atom is 0.320 e. The molecule has 140 valence electrons. The summed E-state index contributed by atoms with van der Waals surface area (Å²) in [6.07, 6.45) is 0.697. The van der Waals surface area contributed by atoms with Crippen molar-refractivity contribution < 1.29 is 17.9 Å². The second-order valence-corrected chi connectivity index (χ2v) is 8.44. The van der Waals surface area contributed by atoms with Crippen LogP contribution in [0.3, 0.4) is 0 Å². The predicted octanol–water partition coefficient (Wildman–Crippen LogP) is 1.87. The smallest absolute Gasteiger partial charge is 0.320 e. The molecule has 0 atom stereocenters. The zero-order valence-corrected chi connectivity index (χ0v) is 16.4. The van der Waals surface area contributed by atoms with Gasteiger partial charge in [-0.05, 0) is 45.2 Å². The lowest BCUT2D eigenvalue weighted by Crippen LogP contribution is -2.37. The lowest BCUT2D eigenvalue weighted by molar-refractivity contribution is -0.144. The van der Waals surface area contributed by atoms with E-state index in [1.807, 2.05) is 37.8 Å². The fraction of sp³-hybridized carbons (Fsp3) is 0.611. The van der Waals surface area contributed by atoms with E-state index in [0.717, 1.165) is 16.7 Å². The second-order valence-electron chi connectivity index (χ2n) is 6.57. The van der Waals surface area contributed by atoms with E-state index in [0.29, 0.717) is 44.1 Å². The average molecular weight is 368 g/mol. The number of nitrogens with zero attached hydrogens (tertiary/aromatic N) is 2. The number of rotatable bonds is 5. The van der Waals surface area contributed by atoms with Crippen molar-refractivity contribution >= 4 is 16.0 Å². The van der Waals surface area contributed by atoms with Crippen LogP contribution >= 0.6 is 0 Å². The van der Waals surface area contributed by atoms with Crippen molar-refractivity contribution in [3.63, 3.8) is 0 Å². The quantitative estimate of drug-likeness (QED) is 0.743. The minimum Gasteiger partial charge on any atom is -0.465 e. The van der Waals surface area contributed by atoms with Gasteiger partial charge >= 0.3 is 5.97 Å². The molecular weight excluding hydrogens is 340 g/mol. The molecule has 0 N–H and O–H groups in total. The van der Waals surface area contributed by atoms with Gasteiger partial charge < -0.3 is 4.74 Å². The van der Waals surface area contributed by atoms with Gasteiger partial charge in [-0.2, -0.15) is 4.31 Å². The molecule has 1 fully saturated rings. The largest absolute Gasteiger partial charge is 0.465 e. The van der Waals surface area contributed by atoms with E-state index < -0.39 is 10.0 Å². The third-order valence-corrected chi connectivity index (χ3v) is 6.61. The molecule has 0 aliphatic carbocycles. The summed E-state index contributed by atoms with van der Waals surface area (Å²) in [7, 11) is -3.54. The van der Waals surface area contributed by atoms with Gasteiger partial charge in [-0.15, -0.1) is 0 Å². The van der Waals surface area contributed by atoms with Gasteiger partial charge in [-0.3, -0.25) is 9.69 Å². The molecule has 7 heteroatoms. The molecule has 1 saturated heterocycles. The van der Waals surface area contributed by atoms with Crippen molar-refractivity contribution in [2.24, 2.45) is 0 Å². The predicted molar refractivity (Wildman–Crippen MR) is 97.1 cm³/mol. The molecule has 0 amide bonds. The third kappa shape index (κ3) is 4.80. The molecular formula is C18H28N2O4S. The summed E-state index contributed by atoms with van der Waals surface area (Å²) < 4.78 is 32.8. The van der Waals surface area contributed by atoms with Crippen LogP contribution < -0.4 is 0 Å². The van der Waals surface area contributed by atoms with Crippen LogP contribution in [0.5, 0.6) is 0 Å². The second kappa shape index (κ2) is 8.29. The summed E-state index contributed by atoms with van der Waals surface area (Å²) in [5.74, 6) is -0.260. The molecule has 0 spiro atoms. The van der Waals surface area contributed by atoms with Crippen molar-refractivity contribution in [3.05, 3.63) is 28.8 Å². The van der Waals surface area contributed by atoms with Gasteiger partial charge in [0, 0.05) is 26.2 Å². The van der Waals surface area contributed by atoms with Gasteiger partial charge in [0.15, 0.2) is 0 Å². The summed E-state index contributed by atoms with van der Waals surface area (Å²) in [5, 5.41) is 0. The summed E-state index contributed by atoms with van der Waals surface area (Å²) >= 11 is 0. The maximum atomic E-state index is 13.1. The van der Waals surface area contributed by atoms with Crippen LogP contribution in [0.25, 0.3) is 0 Å². The number of benzene rings is 1. The molecule has 1 heterocycles. The zero-order valence-electron chi connectivity index (χ0n) is 15.5. The van der Waals surface area contributed by atoms with E-state index in [-0.39, 0.29) is 12.5 Å². The number of carbonyl (C=O) groups excluding carboxylic acids is 1. The van der Waals surface area contributed by atoms with Gasteiger partial charge in [0.1, 0.15) is 0 Å². The standard InChI is InChI=1S/C18H28N2O4S/c1-5-24-17(21)13-19-7-6-8-20(10-9-19)25(22,23)18-15(3)11-14(2)12-16(18)4/h11-12H,5-10,13H2,1-4H3. The van der Waals surface area contributed by atoms with Crippen LogP contribution in [0.2, 0.25) is 0 Å². The molecule has 1 aromatic carbocycles. The molecule has 0 radical (unpaired) electrons. The molecule has 2 rings (SSSR count). The van der Waals surface area contributed by atoms with Crippen LogP contribution in [0.4, 0.5) is 0 Å². The Balaban J connectivity index is 2.15. The van der Waals surface area contributed by atoms with Crippen molar-refractivity contribution in [1.29, 1.82) is 0 Å². The summed E-state index contributed by atoms with van der Waals surface area (Å²) in [6.45, 7) is 10.1. The first kappa shape index (κ1) is 19.9. The number of sulfonamides is 1. The topological polar surface area (TPSA) is 66.9 Å². The van der Waals surface area contributed by atoms with Crippen LogP contribution in [0, 0.1) is 20.8 Å². The number of hydrogen-bond acceptors (Lipinski definition) is 5. The number of ether oxygens (including phenoxy) is 1. The van der Waals surface area contributed by atoms with Gasteiger partial charge in [-0.1, -0.05) is 17.7 Å². The minimum atomic E-state index is -3.54. The first-order chi connectivity index (χ1) is 11.8. The Morgan fingerprint density at radius 2 is 1.72 bits per heavy atom. The third-order valence-electron chi connectivity index (χ3n) is 4.41. The van der Waals surface area contributed by atoms with Crippen LogP contribution in [0.15, 0.2) is 17.0 Å². The fourth-order valence-electron chi connectivity index (χ4n) is 3.44. The number of hydrogen-bond donors (Lipinski definition) is 0. The summed E-state index contributed by atoms with van der Waals surface area (Å²) in [5.41, 5.74) is 2.63. The summed E-state index contributed by atoms with van der Waals surface area (Å²) in [4.78, 5) is 14.0. The monoisotopic (exact) mass is 368 g/mol. The molecule has 1 aliphatic heterocycles. The van der Waals surface area contributed by atoms with E-state index in [4.69, 9.17) is 4.74 Å². The Hall–Kier alpha value is -1.44. The molecule has 1 aromatic rings. The highest BCUT2D eigenvalue weighted by Crippen LogP contribution is 2.26. The SMILES string of the molecule is CCOC(=O)CN1CCCN(S(=O)(=O)c2c(C)cc(C)cc2C)CC1. The number of esters is 1. The van der Waals surface area contributed by atoms with Gasteiger partial charge in [0.25, 0.3) is 0 Å². The van der Waals surface area contributed by atoms with Gasteiger partial charge in [-0.25, -0.2) is 8.42 Å². The van der Waals surface area contributed by atoms with E-state index in [9.17, 15) is 13.2 Å². The van der Waals surface area contributed by atoms with E-state index >= 15 is 0 Å². The van der Waals surface area contributed by atoms with Gasteiger partial charge in [0.05, 0.1) is 18.0 Å². The van der Waals surface area contributed by atoms with Crippen molar-refractivity contribution in [3.8, 4) is 0 Å². The Kier molecular flexibility index (Phi) is 6.59. The fourth-order valence-corrected chi connectivity index (χ4v) is 5.32. The number of carbonyl (C=O) groups is 1. The van der Waals surface area contributed by atoms with Crippen LogP contribution in [-0.4, -0.2) is 62.9 Å². The Morgan fingerprint density at radius 3 is 2.32 bits per heavy atom. The minimum absolute atomic E-state index is 0.213.